The summed E-state index contributed by atoms with van der Waals surface area (Å²) in [5.74, 6) is -6.05. The summed E-state index contributed by atoms with van der Waals surface area (Å²) in [4.78, 5) is 56.4. The van der Waals surface area contributed by atoms with Crippen molar-refractivity contribution in [2.24, 2.45) is 23.3 Å². The van der Waals surface area contributed by atoms with Crippen LogP contribution in [0.25, 0.3) is 16.7 Å². The molecule has 0 spiro atoms. The predicted octanol–water partition coefficient (Wildman–Crippen LogP) is 0.489. The Kier molecular flexibility index (Phi) is 8.96. The van der Waals surface area contributed by atoms with E-state index in [-0.39, 0.29) is 48.1 Å². The van der Waals surface area contributed by atoms with Crippen molar-refractivity contribution in [2.45, 2.75) is 32.0 Å². The van der Waals surface area contributed by atoms with E-state index in [0.29, 0.717) is 12.3 Å². The Bertz CT molecular complexity index is 1870. The minimum Gasteiger partial charge on any atom is -0.477 e. The second-order valence-corrected chi connectivity index (χ2v) is 12.3. The van der Waals surface area contributed by atoms with Gasteiger partial charge in [0, 0.05) is 43.2 Å². The van der Waals surface area contributed by atoms with E-state index in [9.17, 15) is 41.5 Å². The molecule has 2 aromatic heterocycles. The lowest BCUT2D eigenvalue weighted by Crippen LogP contribution is -2.54. The van der Waals surface area contributed by atoms with Gasteiger partial charge < -0.3 is 26.4 Å². The summed E-state index contributed by atoms with van der Waals surface area (Å²) in [6, 6.07) is 1.31. The lowest BCUT2D eigenvalue weighted by molar-refractivity contribution is -0.140. The molecule has 0 unspecified atom stereocenters. The molecule has 1 aliphatic heterocycles. The topological polar surface area (TPSA) is 219 Å². The monoisotopic (exact) mass is 654 g/mol. The van der Waals surface area contributed by atoms with Gasteiger partial charge in [-0.15, -0.1) is 0 Å². The first-order valence-electron chi connectivity index (χ1n) is 13.3. The van der Waals surface area contributed by atoms with Gasteiger partial charge in [0.25, 0.3) is 10.1 Å². The number of carboxylic acids is 1. The lowest BCUT2D eigenvalue weighted by Gasteiger charge is -2.32. The quantitative estimate of drug-likeness (QED) is 0.257. The fraction of sp³-hybridized carbons (Fsp3) is 0.370. The molecule has 18 heteroatoms. The molecule has 1 saturated carbocycles. The highest BCUT2D eigenvalue weighted by atomic mass is 32.2. The average molecular weight is 655 g/mol. The number of benzene rings is 1. The molecule has 1 aliphatic carbocycles. The maximum atomic E-state index is 15.4. The summed E-state index contributed by atoms with van der Waals surface area (Å²) in [5, 5.41) is 9.10. The SMILES string of the molecule is CS(=O)(=O)O.C[C@H](N)C(=O)N([C@H]1[C@@H]2CN(c3nc4c(cc3F)c(=O)c(C(=O)O)cn4-c3ccc(F)cc3F)C[C@@H]21)[C@@H](C)C(N)=O. The van der Waals surface area contributed by atoms with Crippen molar-refractivity contribution in [2.75, 3.05) is 24.2 Å². The molecule has 0 radical (unpaired) electrons. The van der Waals surface area contributed by atoms with E-state index in [2.05, 4.69) is 4.98 Å². The molecule has 6 N–H and O–H groups in total. The van der Waals surface area contributed by atoms with E-state index in [1.165, 1.54) is 18.7 Å². The van der Waals surface area contributed by atoms with Gasteiger partial charge in [0.1, 0.15) is 23.2 Å². The van der Waals surface area contributed by atoms with Gasteiger partial charge in [-0.1, -0.05) is 0 Å². The minimum atomic E-state index is -3.67. The van der Waals surface area contributed by atoms with E-state index in [1.807, 2.05) is 0 Å². The third kappa shape index (κ3) is 6.76. The van der Waals surface area contributed by atoms with Crippen molar-refractivity contribution in [1.82, 2.24) is 14.5 Å². The molecular formula is C27H29F3N6O8S. The number of piperidine rings is 1. The number of hydrogen-bond acceptors (Lipinski definition) is 9. The molecule has 3 aromatic rings. The zero-order valence-electron chi connectivity index (χ0n) is 24.0. The van der Waals surface area contributed by atoms with Crippen LogP contribution >= 0.6 is 0 Å². The molecule has 1 aromatic carbocycles. The first kappa shape index (κ1) is 33.3. The van der Waals surface area contributed by atoms with Gasteiger partial charge in [0.2, 0.25) is 17.2 Å². The maximum Gasteiger partial charge on any atom is 0.341 e. The number of anilines is 1. The zero-order chi connectivity index (χ0) is 33.7. The normalized spacial score (nSPS) is 20.1. The van der Waals surface area contributed by atoms with Crippen LogP contribution in [0, 0.1) is 29.3 Å². The van der Waals surface area contributed by atoms with Crippen molar-refractivity contribution < 1.29 is 45.6 Å². The molecule has 1 saturated heterocycles. The lowest BCUT2D eigenvalue weighted by atomic mass is 10.1. The largest absolute Gasteiger partial charge is 0.477 e. The fourth-order valence-corrected chi connectivity index (χ4v) is 5.50. The van der Waals surface area contributed by atoms with Crippen LogP contribution in [-0.4, -0.2) is 87.8 Å². The predicted molar refractivity (Wildman–Crippen MR) is 154 cm³/mol. The molecule has 2 aliphatic rings. The molecule has 242 valence electrons. The number of aromatic carboxylic acids is 1. The molecular weight excluding hydrogens is 625 g/mol. The number of nitrogens with two attached hydrogens (primary N) is 2. The van der Waals surface area contributed by atoms with Crippen LogP contribution in [0.4, 0.5) is 19.0 Å². The Morgan fingerprint density at radius 3 is 2.16 bits per heavy atom. The first-order valence-corrected chi connectivity index (χ1v) is 15.2. The summed E-state index contributed by atoms with van der Waals surface area (Å²) < 4.78 is 70.5. The molecule has 2 amide bonds. The summed E-state index contributed by atoms with van der Waals surface area (Å²) >= 11 is 0. The number of hydrogen-bond donors (Lipinski definition) is 4. The molecule has 3 heterocycles. The number of pyridine rings is 2. The highest BCUT2D eigenvalue weighted by Gasteiger charge is 2.61. The average Bonchev–Trinajstić information content (AvgIpc) is 3.37. The first-order chi connectivity index (χ1) is 20.8. The third-order valence-electron chi connectivity index (χ3n) is 7.56. The highest BCUT2D eigenvalue weighted by Crippen LogP contribution is 2.51. The second kappa shape index (κ2) is 12.1. The summed E-state index contributed by atoms with van der Waals surface area (Å²) in [6.07, 6.45) is 1.57. The van der Waals surface area contributed by atoms with Gasteiger partial charge in [-0.25, -0.2) is 22.9 Å². The number of halogens is 3. The second-order valence-electron chi connectivity index (χ2n) is 10.9. The standard InChI is InChI=1S/C26H25F3N6O5.CH4O3S/c1-10(30)25(38)35(11(2)22(31)37)20-14-7-33(8-15(14)20)24-18(29)6-13-21(36)16(26(39)40)9-34(23(13)32-24)19-4-3-12(27)5-17(19)28;1-5(2,3)4/h3-6,9-11,14-15,20H,7-8,30H2,1-2H3,(H2,31,37)(H,39,40);1H3,(H,2,3,4)/t10-,11-,14-,15+,20+;/m0./s1. The zero-order valence-corrected chi connectivity index (χ0v) is 24.8. The molecule has 45 heavy (non-hydrogen) atoms. The Morgan fingerprint density at radius 2 is 1.67 bits per heavy atom. The van der Waals surface area contributed by atoms with Gasteiger partial charge in [0.15, 0.2) is 17.3 Å². The number of carbonyl (C=O) groups is 3. The summed E-state index contributed by atoms with van der Waals surface area (Å²) in [5.41, 5.74) is 8.93. The van der Waals surface area contributed by atoms with Crippen molar-refractivity contribution in [3.05, 3.63) is 63.7 Å². The van der Waals surface area contributed by atoms with Crippen molar-refractivity contribution in [1.29, 1.82) is 0 Å². The van der Waals surface area contributed by atoms with E-state index in [0.717, 1.165) is 29.0 Å². The molecule has 2 fully saturated rings. The highest BCUT2D eigenvalue weighted by molar-refractivity contribution is 7.85. The van der Waals surface area contributed by atoms with Crippen LogP contribution < -0.4 is 21.8 Å². The molecule has 0 bridgehead atoms. The Labute approximate surface area is 253 Å². The Morgan fingerprint density at radius 1 is 1.09 bits per heavy atom. The number of carbonyl (C=O) groups excluding carboxylic acids is 2. The number of carboxylic acid groups (broad SMARTS) is 1. The van der Waals surface area contributed by atoms with Crippen molar-refractivity contribution in [3.63, 3.8) is 0 Å². The van der Waals surface area contributed by atoms with Gasteiger partial charge in [-0.3, -0.25) is 23.5 Å². The van der Waals surface area contributed by atoms with Crippen LogP contribution in [-0.2, 0) is 19.7 Å². The van der Waals surface area contributed by atoms with Crippen molar-refractivity contribution >= 4 is 44.8 Å². The van der Waals surface area contributed by atoms with Gasteiger partial charge in [-0.05, 0) is 32.0 Å². The fourth-order valence-electron chi connectivity index (χ4n) is 5.50. The third-order valence-corrected chi connectivity index (χ3v) is 7.56. The van der Waals surface area contributed by atoms with Crippen LogP contribution in [0.3, 0.4) is 0 Å². The summed E-state index contributed by atoms with van der Waals surface area (Å²) in [7, 11) is -3.67. The van der Waals surface area contributed by atoms with Gasteiger partial charge in [-0.2, -0.15) is 8.42 Å². The van der Waals surface area contributed by atoms with E-state index in [1.54, 1.807) is 4.90 Å². The number of primary amides is 1. The van der Waals surface area contributed by atoms with E-state index in [4.69, 9.17) is 16.0 Å². The van der Waals surface area contributed by atoms with Crippen LogP contribution in [0.15, 0.2) is 35.3 Å². The van der Waals surface area contributed by atoms with E-state index < -0.39 is 73.8 Å². The molecule has 14 nitrogen and oxygen atoms in total. The van der Waals surface area contributed by atoms with Crippen LogP contribution in [0.2, 0.25) is 0 Å². The number of fused-ring (bicyclic) bond motifs is 2. The number of amides is 2. The van der Waals surface area contributed by atoms with Gasteiger partial charge >= 0.3 is 5.97 Å². The van der Waals surface area contributed by atoms with Gasteiger partial charge in [0.05, 0.1) is 23.4 Å². The maximum absolute atomic E-state index is 15.4. The molecule has 5 rings (SSSR count). The smallest absolute Gasteiger partial charge is 0.341 e. The Balaban J connectivity index is 0.000000854. The number of nitrogens with zero attached hydrogens (tertiary/aromatic N) is 4. The number of rotatable bonds is 7. The van der Waals surface area contributed by atoms with Crippen molar-refractivity contribution in [3.8, 4) is 5.69 Å². The molecule has 5 atom stereocenters. The number of aromatic nitrogens is 2. The van der Waals surface area contributed by atoms with E-state index >= 15 is 4.39 Å². The minimum absolute atomic E-state index is 0.146. The Hall–Kier alpha value is -4.55. The van der Waals surface area contributed by atoms with Crippen LogP contribution in [0.1, 0.15) is 24.2 Å². The van der Waals surface area contributed by atoms with Crippen LogP contribution in [0.5, 0.6) is 0 Å². The summed E-state index contributed by atoms with van der Waals surface area (Å²) in [6.45, 7) is 3.49.